The number of carbonyl (C=O) groups is 1. The maximum Gasteiger partial charge on any atom is 0.220 e. The van der Waals surface area contributed by atoms with Gasteiger partial charge in [-0.1, -0.05) is 30.7 Å². The first-order valence-corrected chi connectivity index (χ1v) is 6.20. The highest BCUT2D eigenvalue weighted by molar-refractivity contribution is 6.30. The average molecular weight is 256 g/mol. The van der Waals surface area contributed by atoms with Crippen LogP contribution in [0.1, 0.15) is 37.8 Å². The largest absolute Gasteiger partial charge is 0.396 e. The van der Waals surface area contributed by atoms with Crippen molar-refractivity contribution in [2.45, 2.75) is 32.2 Å². The van der Waals surface area contributed by atoms with Gasteiger partial charge in [0.2, 0.25) is 5.91 Å². The molecule has 0 aliphatic heterocycles. The van der Waals surface area contributed by atoms with E-state index in [9.17, 15) is 4.79 Å². The molecule has 0 radical (unpaired) electrons. The van der Waals surface area contributed by atoms with Crippen LogP contribution in [-0.2, 0) is 4.79 Å². The Labute approximate surface area is 107 Å². The van der Waals surface area contributed by atoms with E-state index in [0.29, 0.717) is 17.9 Å². The van der Waals surface area contributed by atoms with Crippen LogP contribution in [-0.4, -0.2) is 17.6 Å². The van der Waals surface area contributed by atoms with Gasteiger partial charge in [-0.15, -0.1) is 0 Å². The average Bonchev–Trinajstić information content (AvgIpc) is 2.34. The Balaban J connectivity index is 2.59. The molecule has 0 saturated heterocycles. The van der Waals surface area contributed by atoms with E-state index in [1.807, 2.05) is 31.2 Å². The van der Waals surface area contributed by atoms with Crippen LogP contribution < -0.4 is 5.32 Å². The van der Waals surface area contributed by atoms with Gasteiger partial charge in [-0.05, 0) is 30.5 Å². The number of hydrogen-bond donors (Lipinski definition) is 2. The number of benzene rings is 1. The molecule has 94 valence electrons. The lowest BCUT2D eigenvalue weighted by molar-refractivity contribution is -0.122. The molecule has 0 aliphatic carbocycles. The monoisotopic (exact) mass is 255 g/mol. The Morgan fingerprint density at radius 3 is 2.59 bits per heavy atom. The topological polar surface area (TPSA) is 49.3 Å². The lowest BCUT2D eigenvalue weighted by atomic mass is 10.0. The summed E-state index contributed by atoms with van der Waals surface area (Å²) in [7, 11) is 0. The van der Waals surface area contributed by atoms with Crippen LogP contribution in [0.15, 0.2) is 24.3 Å². The third kappa shape index (κ3) is 4.75. The van der Waals surface area contributed by atoms with Crippen molar-refractivity contribution in [3.63, 3.8) is 0 Å². The van der Waals surface area contributed by atoms with E-state index in [0.717, 1.165) is 12.0 Å². The third-order valence-corrected chi connectivity index (χ3v) is 2.83. The Kier molecular flexibility index (Phi) is 6.01. The summed E-state index contributed by atoms with van der Waals surface area (Å²) in [6, 6.07) is 7.49. The number of amides is 1. The fourth-order valence-electron chi connectivity index (χ4n) is 1.62. The van der Waals surface area contributed by atoms with Crippen molar-refractivity contribution in [2.75, 3.05) is 6.61 Å². The van der Waals surface area contributed by atoms with Gasteiger partial charge in [0.05, 0.1) is 6.04 Å². The molecular weight excluding hydrogens is 238 g/mol. The Morgan fingerprint density at radius 1 is 1.41 bits per heavy atom. The first-order chi connectivity index (χ1) is 8.17. The summed E-state index contributed by atoms with van der Waals surface area (Å²) < 4.78 is 0. The SMILES string of the molecule is CCC(NC(=O)CCCO)c1ccc(Cl)cc1. The molecule has 0 spiro atoms. The Morgan fingerprint density at radius 2 is 2.06 bits per heavy atom. The number of carbonyl (C=O) groups excluding carboxylic acids is 1. The van der Waals surface area contributed by atoms with Gasteiger partial charge in [0, 0.05) is 18.1 Å². The van der Waals surface area contributed by atoms with Crippen LogP contribution in [0.4, 0.5) is 0 Å². The summed E-state index contributed by atoms with van der Waals surface area (Å²) in [5, 5.41) is 12.3. The zero-order valence-corrected chi connectivity index (χ0v) is 10.7. The van der Waals surface area contributed by atoms with Crippen LogP contribution >= 0.6 is 11.6 Å². The first-order valence-electron chi connectivity index (χ1n) is 5.83. The van der Waals surface area contributed by atoms with Crippen molar-refractivity contribution in [1.82, 2.24) is 5.32 Å². The van der Waals surface area contributed by atoms with Crippen molar-refractivity contribution in [1.29, 1.82) is 0 Å². The van der Waals surface area contributed by atoms with E-state index < -0.39 is 0 Å². The number of aliphatic hydroxyl groups excluding tert-OH is 1. The second-order valence-corrected chi connectivity index (χ2v) is 4.34. The fraction of sp³-hybridized carbons (Fsp3) is 0.462. The summed E-state index contributed by atoms with van der Waals surface area (Å²) >= 11 is 5.82. The van der Waals surface area contributed by atoms with E-state index in [1.54, 1.807) is 0 Å². The van der Waals surface area contributed by atoms with Crippen molar-refractivity contribution < 1.29 is 9.90 Å². The number of hydrogen-bond acceptors (Lipinski definition) is 2. The number of halogens is 1. The second kappa shape index (κ2) is 7.30. The van der Waals surface area contributed by atoms with E-state index in [1.165, 1.54) is 0 Å². The molecule has 0 aliphatic rings. The molecule has 4 heteroatoms. The van der Waals surface area contributed by atoms with Crippen LogP contribution in [0, 0.1) is 0 Å². The molecule has 2 N–H and O–H groups in total. The van der Waals surface area contributed by atoms with Crippen molar-refractivity contribution in [2.24, 2.45) is 0 Å². The predicted octanol–water partition coefficient (Wildman–Crippen LogP) is 2.68. The smallest absolute Gasteiger partial charge is 0.220 e. The quantitative estimate of drug-likeness (QED) is 0.821. The lowest BCUT2D eigenvalue weighted by Crippen LogP contribution is -2.28. The van der Waals surface area contributed by atoms with Crippen LogP contribution in [0.2, 0.25) is 5.02 Å². The summed E-state index contributed by atoms with van der Waals surface area (Å²) in [5.41, 5.74) is 1.05. The minimum absolute atomic E-state index is 0.0125. The standard InChI is InChI=1S/C13H18ClNO2/c1-2-12(15-13(17)4-3-9-16)10-5-7-11(14)8-6-10/h5-8,12,16H,2-4,9H2,1H3,(H,15,17). The summed E-state index contributed by atoms with van der Waals surface area (Å²) in [5.74, 6) is -0.0270. The highest BCUT2D eigenvalue weighted by atomic mass is 35.5. The molecular formula is C13H18ClNO2. The predicted molar refractivity (Wildman–Crippen MR) is 68.9 cm³/mol. The van der Waals surface area contributed by atoms with Gasteiger partial charge >= 0.3 is 0 Å². The van der Waals surface area contributed by atoms with Crippen molar-refractivity contribution >= 4 is 17.5 Å². The minimum Gasteiger partial charge on any atom is -0.396 e. The highest BCUT2D eigenvalue weighted by Crippen LogP contribution is 2.19. The van der Waals surface area contributed by atoms with E-state index in [4.69, 9.17) is 16.7 Å². The molecule has 17 heavy (non-hydrogen) atoms. The lowest BCUT2D eigenvalue weighted by Gasteiger charge is -2.17. The van der Waals surface area contributed by atoms with Gasteiger partial charge in [-0.3, -0.25) is 4.79 Å². The summed E-state index contributed by atoms with van der Waals surface area (Å²) in [6.45, 7) is 2.07. The second-order valence-electron chi connectivity index (χ2n) is 3.91. The van der Waals surface area contributed by atoms with Crippen molar-refractivity contribution in [3.8, 4) is 0 Å². The molecule has 0 aromatic heterocycles. The van der Waals surface area contributed by atoms with Crippen molar-refractivity contribution in [3.05, 3.63) is 34.9 Å². The number of aliphatic hydroxyl groups is 1. The van der Waals surface area contributed by atoms with E-state index in [-0.39, 0.29) is 18.6 Å². The maximum absolute atomic E-state index is 11.6. The molecule has 0 bridgehead atoms. The van der Waals surface area contributed by atoms with E-state index in [2.05, 4.69) is 5.32 Å². The molecule has 0 heterocycles. The van der Waals surface area contributed by atoms with Gasteiger partial charge in [0.25, 0.3) is 0 Å². The summed E-state index contributed by atoms with van der Waals surface area (Å²) in [4.78, 5) is 11.6. The first kappa shape index (κ1) is 14.0. The van der Waals surface area contributed by atoms with Crippen LogP contribution in [0.25, 0.3) is 0 Å². The Bertz CT molecular complexity index is 351. The summed E-state index contributed by atoms with van der Waals surface area (Å²) in [6.07, 6.45) is 1.69. The molecule has 1 atom stereocenters. The van der Waals surface area contributed by atoms with Gasteiger partial charge in [-0.2, -0.15) is 0 Å². The molecule has 0 fully saturated rings. The highest BCUT2D eigenvalue weighted by Gasteiger charge is 2.11. The molecule has 1 aromatic carbocycles. The molecule has 1 rings (SSSR count). The fourth-order valence-corrected chi connectivity index (χ4v) is 1.75. The van der Waals surface area contributed by atoms with Crippen LogP contribution in [0.3, 0.4) is 0 Å². The van der Waals surface area contributed by atoms with Crippen LogP contribution in [0.5, 0.6) is 0 Å². The minimum atomic E-state index is -0.0270. The van der Waals surface area contributed by atoms with Gasteiger partial charge in [0.1, 0.15) is 0 Å². The van der Waals surface area contributed by atoms with Gasteiger partial charge < -0.3 is 10.4 Å². The maximum atomic E-state index is 11.6. The normalized spacial score (nSPS) is 12.2. The molecule has 1 amide bonds. The zero-order chi connectivity index (χ0) is 12.7. The Hall–Kier alpha value is -1.06. The zero-order valence-electron chi connectivity index (χ0n) is 9.95. The molecule has 1 unspecified atom stereocenters. The molecule has 3 nitrogen and oxygen atoms in total. The number of rotatable bonds is 6. The molecule has 1 aromatic rings. The number of nitrogens with one attached hydrogen (secondary N) is 1. The molecule has 0 saturated carbocycles. The van der Waals surface area contributed by atoms with E-state index >= 15 is 0 Å². The van der Waals surface area contributed by atoms with Gasteiger partial charge in [0.15, 0.2) is 0 Å². The van der Waals surface area contributed by atoms with Gasteiger partial charge in [-0.25, -0.2) is 0 Å². The third-order valence-electron chi connectivity index (χ3n) is 2.58.